The zero-order valence-electron chi connectivity index (χ0n) is 13.3. The number of hydrogen-bond donors (Lipinski definition) is 1. The van der Waals surface area contributed by atoms with Crippen molar-refractivity contribution in [2.45, 2.75) is 44.8 Å². The van der Waals surface area contributed by atoms with Crippen molar-refractivity contribution < 1.29 is 19.4 Å². The van der Waals surface area contributed by atoms with Gasteiger partial charge in [0.25, 0.3) is 0 Å². The topological polar surface area (TPSA) is 84.7 Å². The maximum absolute atomic E-state index is 12.1. The number of ether oxygens (including phenoxy) is 1. The first-order valence-corrected chi connectivity index (χ1v) is 7.39. The number of aldehydes is 1. The molecule has 1 aromatic heterocycles. The first kappa shape index (κ1) is 16.5. The lowest BCUT2D eigenvalue weighted by molar-refractivity contribution is 0.000147. The van der Waals surface area contributed by atoms with Crippen LogP contribution in [0.3, 0.4) is 0 Å². The lowest BCUT2D eigenvalue weighted by atomic mass is 9.88. The van der Waals surface area contributed by atoms with Crippen molar-refractivity contribution in [3.05, 3.63) is 18.0 Å². The van der Waals surface area contributed by atoms with E-state index in [0.717, 1.165) is 6.29 Å². The van der Waals surface area contributed by atoms with E-state index in [2.05, 4.69) is 5.10 Å². The van der Waals surface area contributed by atoms with Gasteiger partial charge in [-0.25, -0.2) is 4.79 Å². The number of aliphatic hydroxyl groups excluding tert-OH is 1. The molecule has 0 radical (unpaired) electrons. The van der Waals surface area contributed by atoms with E-state index < -0.39 is 11.1 Å². The van der Waals surface area contributed by atoms with Gasteiger partial charge in [-0.1, -0.05) is 0 Å². The summed E-state index contributed by atoms with van der Waals surface area (Å²) < 4.78 is 7.00. The fraction of sp³-hybridized carbons (Fsp3) is 0.667. The Morgan fingerprint density at radius 2 is 2.09 bits per heavy atom. The summed E-state index contributed by atoms with van der Waals surface area (Å²) >= 11 is 0. The van der Waals surface area contributed by atoms with Gasteiger partial charge in [0.05, 0.1) is 23.9 Å². The second-order valence-corrected chi connectivity index (χ2v) is 6.69. The average Bonchev–Trinajstić information content (AvgIpc) is 2.95. The Kier molecular flexibility index (Phi) is 4.55. The highest BCUT2D eigenvalue weighted by Crippen LogP contribution is 2.30. The zero-order chi connectivity index (χ0) is 16.4. The Bertz CT molecular complexity index is 539. The smallest absolute Gasteiger partial charge is 0.410 e. The Hall–Kier alpha value is -1.89. The lowest BCUT2D eigenvalue weighted by Gasteiger charge is -2.41. The van der Waals surface area contributed by atoms with Gasteiger partial charge in [-0.05, 0) is 33.6 Å². The van der Waals surface area contributed by atoms with E-state index in [4.69, 9.17) is 4.74 Å². The highest BCUT2D eigenvalue weighted by molar-refractivity contribution is 5.73. The molecule has 1 aromatic rings. The quantitative estimate of drug-likeness (QED) is 0.853. The van der Waals surface area contributed by atoms with Gasteiger partial charge >= 0.3 is 6.09 Å². The van der Waals surface area contributed by atoms with Crippen molar-refractivity contribution in [1.29, 1.82) is 0 Å². The van der Waals surface area contributed by atoms with Crippen LogP contribution in [0.1, 0.15) is 44.0 Å². The van der Waals surface area contributed by atoms with Crippen LogP contribution in [-0.4, -0.2) is 57.5 Å². The number of piperidine rings is 1. The van der Waals surface area contributed by atoms with E-state index in [-0.39, 0.29) is 12.7 Å². The minimum Gasteiger partial charge on any atom is -0.444 e. The van der Waals surface area contributed by atoms with Gasteiger partial charge in [-0.3, -0.25) is 9.48 Å². The fourth-order valence-electron chi connectivity index (χ4n) is 2.55. The average molecular weight is 309 g/mol. The predicted octanol–water partition coefficient (Wildman–Crippen LogP) is 1.41. The molecule has 22 heavy (non-hydrogen) atoms. The number of hydrogen-bond acceptors (Lipinski definition) is 5. The van der Waals surface area contributed by atoms with Crippen molar-refractivity contribution in [1.82, 2.24) is 14.7 Å². The molecule has 0 atom stereocenters. The van der Waals surface area contributed by atoms with Crippen LogP contribution in [0.5, 0.6) is 0 Å². The third-order valence-corrected chi connectivity index (χ3v) is 3.86. The molecule has 1 aliphatic rings. The maximum Gasteiger partial charge on any atom is 0.410 e. The van der Waals surface area contributed by atoms with E-state index >= 15 is 0 Å². The number of rotatable bonds is 3. The monoisotopic (exact) mass is 309 g/mol. The van der Waals surface area contributed by atoms with Gasteiger partial charge in [0.1, 0.15) is 5.60 Å². The van der Waals surface area contributed by atoms with Crippen LogP contribution in [0.2, 0.25) is 0 Å². The van der Waals surface area contributed by atoms with Crippen LogP contribution >= 0.6 is 0 Å². The van der Waals surface area contributed by atoms with Crippen LogP contribution in [0.15, 0.2) is 12.4 Å². The third-order valence-electron chi connectivity index (χ3n) is 3.86. The number of carbonyl (C=O) groups excluding carboxylic acids is 2. The van der Waals surface area contributed by atoms with Gasteiger partial charge in [-0.15, -0.1) is 0 Å². The second kappa shape index (κ2) is 6.08. The molecule has 0 saturated carbocycles. The number of aromatic nitrogens is 2. The van der Waals surface area contributed by atoms with E-state index in [1.54, 1.807) is 15.8 Å². The van der Waals surface area contributed by atoms with Crippen LogP contribution in [-0.2, 0) is 10.3 Å². The molecule has 7 nitrogen and oxygen atoms in total. The molecule has 0 aliphatic carbocycles. The van der Waals surface area contributed by atoms with E-state index in [1.807, 2.05) is 20.8 Å². The van der Waals surface area contributed by atoms with Crippen LogP contribution in [0.4, 0.5) is 4.79 Å². The molecule has 1 aliphatic heterocycles. The number of nitrogens with zero attached hydrogens (tertiary/aromatic N) is 3. The molecular formula is C15H23N3O4. The molecule has 7 heteroatoms. The van der Waals surface area contributed by atoms with Crippen molar-refractivity contribution in [2.75, 3.05) is 19.7 Å². The minimum atomic E-state index is -0.570. The molecule has 1 N–H and O–H groups in total. The summed E-state index contributed by atoms with van der Waals surface area (Å²) in [7, 11) is 0. The van der Waals surface area contributed by atoms with Crippen LogP contribution < -0.4 is 0 Å². The molecule has 0 spiro atoms. The summed E-state index contributed by atoms with van der Waals surface area (Å²) in [6.45, 7) is 6.36. The molecule has 2 heterocycles. The summed E-state index contributed by atoms with van der Waals surface area (Å²) in [6, 6.07) is 0. The first-order valence-electron chi connectivity index (χ1n) is 7.39. The highest BCUT2D eigenvalue weighted by Gasteiger charge is 2.38. The van der Waals surface area contributed by atoms with E-state index in [9.17, 15) is 14.7 Å². The van der Waals surface area contributed by atoms with Crippen molar-refractivity contribution in [3.63, 3.8) is 0 Å². The third kappa shape index (κ3) is 3.47. The maximum atomic E-state index is 12.1. The number of carbonyl (C=O) groups is 2. The Morgan fingerprint density at radius 1 is 1.45 bits per heavy atom. The summed E-state index contributed by atoms with van der Waals surface area (Å²) in [6.07, 6.45) is 4.61. The molecule has 2 rings (SSSR count). The fourth-order valence-corrected chi connectivity index (χ4v) is 2.55. The largest absolute Gasteiger partial charge is 0.444 e. The molecule has 1 amide bonds. The number of likely N-dealkylation sites (tertiary alicyclic amines) is 1. The molecule has 0 aromatic carbocycles. The lowest BCUT2D eigenvalue weighted by Crippen LogP contribution is -2.51. The van der Waals surface area contributed by atoms with Gasteiger partial charge < -0.3 is 14.7 Å². The normalized spacial score (nSPS) is 18.1. The summed E-state index contributed by atoms with van der Waals surface area (Å²) in [5, 5.41) is 14.0. The van der Waals surface area contributed by atoms with Crippen molar-refractivity contribution in [2.24, 2.45) is 0 Å². The van der Waals surface area contributed by atoms with Gasteiger partial charge in [0, 0.05) is 19.3 Å². The van der Waals surface area contributed by atoms with Gasteiger partial charge in [0.2, 0.25) is 0 Å². The predicted molar refractivity (Wildman–Crippen MR) is 79.7 cm³/mol. The van der Waals surface area contributed by atoms with Crippen LogP contribution in [0.25, 0.3) is 0 Å². The summed E-state index contributed by atoms with van der Waals surface area (Å²) in [4.78, 5) is 24.5. The Labute approximate surface area is 129 Å². The standard InChI is InChI=1S/C15H23N3O4/c1-14(2,3)22-13(21)17-6-4-15(11-20,5-7-17)18-9-12(10-19)8-16-18/h8-10,20H,4-7,11H2,1-3H3. The van der Waals surface area contributed by atoms with Gasteiger partial charge in [0.15, 0.2) is 6.29 Å². The minimum absolute atomic E-state index is 0.0882. The Balaban J connectivity index is 2.05. The van der Waals surface area contributed by atoms with E-state index in [1.165, 1.54) is 6.20 Å². The molecule has 1 saturated heterocycles. The second-order valence-electron chi connectivity index (χ2n) is 6.69. The van der Waals surface area contributed by atoms with Crippen LogP contribution in [0, 0.1) is 0 Å². The zero-order valence-corrected chi connectivity index (χ0v) is 13.3. The highest BCUT2D eigenvalue weighted by atomic mass is 16.6. The molecule has 122 valence electrons. The Morgan fingerprint density at radius 3 is 2.55 bits per heavy atom. The molecule has 0 unspecified atom stereocenters. The molecule has 0 bridgehead atoms. The SMILES string of the molecule is CC(C)(C)OC(=O)N1CCC(CO)(n2cc(C=O)cn2)CC1. The van der Waals surface area contributed by atoms with Crippen molar-refractivity contribution in [3.8, 4) is 0 Å². The summed E-state index contributed by atoms with van der Waals surface area (Å²) in [5.74, 6) is 0. The van der Waals surface area contributed by atoms with Gasteiger partial charge in [-0.2, -0.15) is 5.10 Å². The number of amides is 1. The van der Waals surface area contributed by atoms with Crippen molar-refractivity contribution >= 4 is 12.4 Å². The molecule has 1 fully saturated rings. The summed E-state index contributed by atoms with van der Waals surface area (Å²) in [5.41, 5.74) is -0.620. The first-order chi connectivity index (χ1) is 10.3. The van der Waals surface area contributed by atoms with E-state index in [0.29, 0.717) is 31.5 Å². The molecular weight excluding hydrogens is 286 g/mol. The number of aliphatic hydroxyl groups is 1.